The summed E-state index contributed by atoms with van der Waals surface area (Å²) in [5.74, 6) is 0.151. The van der Waals surface area contributed by atoms with Crippen LogP contribution in [-0.4, -0.2) is 60.7 Å². The second kappa shape index (κ2) is 7.29. The smallest absolute Gasteiger partial charge is 0.214 e. The van der Waals surface area contributed by atoms with Crippen LogP contribution >= 0.6 is 0 Å². The third-order valence-corrected chi connectivity index (χ3v) is 6.36. The van der Waals surface area contributed by atoms with E-state index in [1.807, 2.05) is 17.8 Å². The van der Waals surface area contributed by atoms with E-state index in [0.717, 1.165) is 31.6 Å². The quantitative estimate of drug-likeness (QED) is 0.775. The Morgan fingerprint density at radius 3 is 2.91 bits per heavy atom. The van der Waals surface area contributed by atoms with Gasteiger partial charge in [0.15, 0.2) is 0 Å². The van der Waals surface area contributed by atoms with Crippen molar-refractivity contribution in [3.05, 3.63) is 18.0 Å². The monoisotopic (exact) mass is 343 g/mol. The van der Waals surface area contributed by atoms with Crippen LogP contribution < -0.4 is 0 Å². The van der Waals surface area contributed by atoms with E-state index >= 15 is 0 Å². The molecule has 8 heteroatoms. The van der Waals surface area contributed by atoms with Gasteiger partial charge < -0.3 is 9.47 Å². The van der Waals surface area contributed by atoms with E-state index in [1.54, 1.807) is 10.5 Å². The minimum absolute atomic E-state index is 0.101. The molecule has 0 aliphatic carbocycles. The Morgan fingerprint density at radius 1 is 1.35 bits per heavy atom. The van der Waals surface area contributed by atoms with Gasteiger partial charge >= 0.3 is 0 Å². The number of aryl methyl sites for hydroxylation is 1. The molecule has 0 spiro atoms. The van der Waals surface area contributed by atoms with Crippen molar-refractivity contribution in [3.63, 3.8) is 0 Å². The molecule has 2 aliphatic rings. The van der Waals surface area contributed by atoms with Gasteiger partial charge in [0.1, 0.15) is 0 Å². The van der Waals surface area contributed by atoms with Crippen LogP contribution in [0, 0.1) is 0 Å². The predicted octanol–water partition coefficient (Wildman–Crippen LogP) is 1.18. The summed E-state index contributed by atoms with van der Waals surface area (Å²) in [5, 5.41) is 4.24. The van der Waals surface area contributed by atoms with Gasteiger partial charge in [-0.25, -0.2) is 8.42 Å². The zero-order valence-electron chi connectivity index (χ0n) is 13.6. The maximum absolute atomic E-state index is 12.6. The van der Waals surface area contributed by atoms with Crippen LogP contribution in [0.3, 0.4) is 0 Å². The Labute approximate surface area is 137 Å². The average molecular weight is 343 g/mol. The first kappa shape index (κ1) is 16.9. The summed E-state index contributed by atoms with van der Waals surface area (Å²) in [7, 11) is -3.26. The van der Waals surface area contributed by atoms with E-state index in [1.165, 1.54) is 0 Å². The van der Waals surface area contributed by atoms with Gasteiger partial charge in [0.05, 0.1) is 30.8 Å². The summed E-state index contributed by atoms with van der Waals surface area (Å²) in [6.07, 6.45) is 6.14. The number of rotatable bonds is 6. The summed E-state index contributed by atoms with van der Waals surface area (Å²) in [6.45, 7) is 4.76. The molecule has 2 atom stereocenters. The molecule has 0 N–H and O–H groups in total. The van der Waals surface area contributed by atoms with Crippen molar-refractivity contribution in [1.29, 1.82) is 0 Å². The van der Waals surface area contributed by atoms with Crippen LogP contribution in [-0.2, 0) is 26.0 Å². The fraction of sp³-hybridized carbons (Fsp3) is 0.800. The molecule has 23 heavy (non-hydrogen) atoms. The molecule has 0 radical (unpaired) electrons. The molecule has 3 heterocycles. The Hall–Kier alpha value is -0.960. The van der Waals surface area contributed by atoms with E-state index in [0.29, 0.717) is 26.1 Å². The number of morpholine rings is 1. The van der Waals surface area contributed by atoms with Gasteiger partial charge in [-0.2, -0.15) is 9.40 Å². The first-order chi connectivity index (χ1) is 11.1. The molecule has 0 aromatic carbocycles. The van der Waals surface area contributed by atoms with Gasteiger partial charge in [-0.05, 0) is 26.2 Å². The summed E-state index contributed by atoms with van der Waals surface area (Å²) in [6, 6.07) is 0. The topological polar surface area (TPSA) is 73.7 Å². The second-order valence-electron chi connectivity index (χ2n) is 6.09. The van der Waals surface area contributed by atoms with Crippen molar-refractivity contribution in [1.82, 2.24) is 14.1 Å². The highest BCUT2D eigenvalue weighted by molar-refractivity contribution is 7.89. The summed E-state index contributed by atoms with van der Waals surface area (Å²) in [5.41, 5.74) is 0.936. The maximum Gasteiger partial charge on any atom is 0.214 e. The summed E-state index contributed by atoms with van der Waals surface area (Å²) >= 11 is 0. The Balaban J connectivity index is 1.60. The highest BCUT2D eigenvalue weighted by atomic mass is 32.2. The van der Waals surface area contributed by atoms with Crippen molar-refractivity contribution in [2.75, 3.05) is 32.1 Å². The van der Waals surface area contributed by atoms with Crippen molar-refractivity contribution >= 4 is 10.0 Å². The predicted molar refractivity (Wildman–Crippen MR) is 85.5 cm³/mol. The van der Waals surface area contributed by atoms with E-state index < -0.39 is 10.0 Å². The number of nitrogens with zero attached hydrogens (tertiary/aromatic N) is 3. The third kappa shape index (κ3) is 4.12. The van der Waals surface area contributed by atoms with E-state index in [-0.39, 0.29) is 18.0 Å². The molecular formula is C15H25N3O4S. The largest absolute Gasteiger partial charge is 0.378 e. The van der Waals surface area contributed by atoms with E-state index in [9.17, 15) is 8.42 Å². The lowest BCUT2D eigenvalue weighted by atomic mass is 10.2. The van der Waals surface area contributed by atoms with Crippen molar-refractivity contribution < 1.29 is 17.9 Å². The first-order valence-corrected chi connectivity index (χ1v) is 9.93. The summed E-state index contributed by atoms with van der Waals surface area (Å²) < 4.78 is 39.8. The molecule has 0 amide bonds. The molecule has 0 bridgehead atoms. The lowest BCUT2D eigenvalue weighted by molar-refractivity contribution is -0.00270. The van der Waals surface area contributed by atoms with Gasteiger partial charge in [-0.3, -0.25) is 4.68 Å². The highest BCUT2D eigenvalue weighted by Crippen LogP contribution is 2.24. The lowest BCUT2D eigenvalue weighted by Crippen LogP contribution is -2.43. The average Bonchev–Trinajstić information content (AvgIpc) is 3.24. The van der Waals surface area contributed by atoms with Crippen LogP contribution in [0.15, 0.2) is 12.4 Å². The Kier molecular flexibility index (Phi) is 5.35. The SMILES string of the molecule is CCn1cc([C@H]2CN(S(=O)(=O)CC[C@@H]3CCCO3)CCO2)cn1. The fourth-order valence-electron chi connectivity index (χ4n) is 3.08. The number of hydrogen-bond donors (Lipinski definition) is 0. The maximum atomic E-state index is 12.6. The Bertz CT molecular complexity index is 610. The molecule has 1 aromatic heterocycles. The summed E-state index contributed by atoms with van der Waals surface area (Å²) in [4.78, 5) is 0. The molecular weight excluding hydrogens is 318 g/mol. The van der Waals surface area contributed by atoms with E-state index in [2.05, 4.69) is 5.10 Å². The number of aromatic nitrogens is 2. The Morgan fingerprint density at radius 2 is 2.22 bits per heavy atom. The normalized spacial score (nSPS) is 26.7. The fourth-order valence-corrected chi connectivity index (χ4v) is 4.61. The van der Waals surface area contributed by atoms with Crippen LogP contribution in [0.4, 0.5) is 0 Å². The molecule has 7 nitrogen and oxygen atoms in total. The van der Waals surface area contributed by atoms with Crippen LogP contribution in [0.2, 0.25) is 0 Å². The lowest BCUT2D eigenvalue weighted by Gasteiger charge is -2.32. The van der Waals surface area contributed by atoms with Gasteiger partial charge in [-0.1, -0.05) is 0 Å². The minimum Gasteiger partial charge on any atom is -0.378 e. The highest BCUT2D eigenvalue weighted by Gasteiger charge is 2.31. The number of ether oxygens (including phenoxy) is 2. The molecule has 2 fully saturated rings. The standard InChI is InChI=1S/C15H25N3O4S/c1-2-17-11-13(10-16-17)15-12-18(6-8-22-15)23(19,20)9-5-14-4-3-7-21-14/h10-11,14-15H,2-9,12H2,1H3/t14-,15+/m0/s1. The molecule has 1 aromatic rings. The first-order valence-electron chi connectivity index (χ1n) is 8.32. The molecule has 3 rings (SSSR count). The molecule has 2 saturated heterocycles. The van der Waals surface area contributed by atoms with Crippen LogP contribution in [0.5, 0.6) is 0 Å². The molecule has 0 saturated carbocycles. The number of sulfonamides is 1. The van der Waals surface area contributed by atoms with Gasteiger partial charge in [0, 0.05) is 38.0 Å². The van der Waals surface area contributed by atoms with Crippen molar-refractivity contribution in [2.45, 2.75) is 44.9 Å². The molecule has 2 aliphatic heterocycles. The van der Waals surface area contributed by atoms with E-state index in [4.69, 9.17) is 9.47 Å². The zero-order chi connectivity index (χ0) is 16.3. The van der Waals surface area contributed by atoms with Gasteiger partial charge in [0.2, 0.25) is 10.0 Å². The van der Waals surface area contributed by atoms with Gasteiger partial charge in [-0.15, -0.1) is 0 Å². The zero-order valence-corrected chi connectivity index (χ0v) is 14.4. The van der Waals surface area contributed by atoms with Gasteiger partial charge in [0.25, 0.3) is 0 Å². The molecule has 0 unspecified atom stereocenters. The van der Waals surface area contributed by atoms with Crippen molar-refractivity contribution in [3.8, 4) is 0 Å². The minimum atomic E-state index is -3.26. The third-order valence-electron chi connectivity index (χ3n) is 4.49. The van der Waals surface area contributed by atoms with Crippen LogP contribution in [0.1, 0.15) is 37.9 Å². The van der Waals surface area contributed by atoms with Crippen LogP contribution in [0.25, 0.3) is 0 Å². The second-order valence-corrected chi connectivity index (χ2v) is 8.17. The molecule has 130 valence electrons. The number of hydrogen-bond acceptors (Lipinski definition) is 5. The van der Waals surface area contributed by atoms with Crippen molar-refractivity contribution in [2.24, 2.45) is 0 Å².